The Hall–Kier alpha value is -2.02. The number of carboxylic acid groups (broad SMARTS) is 1. The average molecular weight is 279 g/mol. The minimum Gasteiger partial charge on any atom is -0.476 e. The van der Waals surface area contributed by atoms with E-state index >= 15 is 0 Å². The molecule has 0 unspecified atom stereocenters. The van der Waals surface area contributed by atoms with E-state index in [4.69, 9.17) is 5.11 Å². The molecule has 0 fully saturated rings. The summed E-state index contributed by atoms with van der Waals surface area (Å²) in [5, 5.41) is 9.57. The van der Waals surface area contributed by atoms with Crippen molar-refractivity contribution in [1.82, 2.24) is 14.5 Å². The minimum atomic E-state index is -1.19. The van der Waals surface area contributed by atoms with E-state index in [9.17, 15) is 9.59 Å². The molecule has 7 heteroatoms. The van der Waals surface area contributed by atoms with Crippen molar-refractivity contribution in [3.05, 3.63) is 23.1 Å². The quantitative estimate of drug-likeness (QED) is 0.869. The van der Waals surface area contributed by atoms with Crippen molar-refractivity contribution in [1.29, 1.82) is 0 Å². The van der Waals surface area contributed by atoms with Crippen molar-refractivity contribution in [2.45, 2.75) is 26.8 Å². The second-order valence-corrected chi connectivity index (χ2v) is 5.34. The van der Waals surface area contributed by atoms with Gasteiger partial charge in [-0.1, -0.05) is 0 Å². The maximum absolute atomic E-state index is 11.5. The van der Waals surface area contributed by atoms with Gasteiger partial charge in [-0.3, -0.25) is 4.79 Å². The van der Waals surface area contributed by atoms with Crippen LogP contribution in [0.2, 0.25) is 0 Å². The number of carbonyl (C=O) groups excluding carboxylic acids is 1. The fourth-order valence-electron chi connectivity index (χ4n) is 1.70. The summed E-state index contributed by atoms with van der Waals surface area (Å²) >= 11 is 1.08. The van der Waals surface area contributed by atoms with Gasteiger partial charge in [-0.25, -0.2) is 14.8 Å². The summed E-state index contributed by atoms with van der Waals surface area (Å²) in [4.78, 5) is 30.8. The van der Waals surface area contributed by atoms with E-state index in [0.29, 0.717) is 5.01 Å². The predicted octanol–water partition coefficient (Wildman–Crippen LogP) is 2.49. The summed E-state index contributed by atoms with van der Waals surface area (Å²) in [7, 11) is 0. The second-order valence-electron chi connectivity index (χ2n) is 4.34. The third-order valence-electron chi connectivity index (χ3n) is 2.59. The molecule has 19 heavy (non-hydrogen) atoms. The number of hydrogen-bond donors (Lipinski definition) is 1. The number of Topliss-reactive ketones (excluding diaryl/α,β-unsaturated/α-hetero) is 1. The van der Waals surface area contributed by atoms with E-state index in [2.05, 4.69) is 9.97 Å². The van der Waals surface area contributed by atoms with Crippen LogP contribution in [0, 0.1) is 0 Å². The molecular formula is C12H13N3O3S. The molecule has 0 bridgehead atoms. The Bertz CT molecular complexity index is 611. The Labute approximate surface area is 113 Å². The van der Waals surface area contributed by atoms with Crippen molar-refractivity contribution >= 4 is 23.1 Å². The lowest BCUT2D eigenvalue weighted by Gasteiger charge is -2.09. The lowest BCUT2D eigenvalue weighted by atomic mass is 10.3. The normalized spacial score (nSPS) is 10.9. The van der Waals surface area contributed by atoms with Crippen molar-refractivity contribution in [2.24, 2.45) is 0 Å². The summed E-state index contributed by atoms with van der Waals surface area (Å²) in [6, 6.07) is 0.176. The molecular weight excluding hydrogens is 266 g/mol. The van der Waals surface area contributed by atoms with E-state index in [1.165, 1.54) is 6.92 Å². The van der Waals surface area contributed by atoms with Crippen LogP contribution in [0.15, 0.2) is 12.5 Å². The van der Waals surface area contributed by atoms with E-state index < -0.39 is 5.97 Å². The molecule has 0 saturated carbocycles. The van der Waals surface area contributed by atoms with E-state index in [-0.39, 0.29) is 22.4 Å². The van der Waals surface area contributed by atoms with E-state index in [0.717, 1.165) is 17.0 Å². The van der Waals surface area contributed by atoms with Crippen LogP contribution in [0.1, 0.15) is 47.0 Å². The molecule has 2 rings (SSSR count). The topological polar surface area (TPSA) is 85.1 Å². The highest BCUT2D eigenvalue weighted by atomic mass is 32.1. The van der Waals surface area contributed by atoms with Crippen molar-refractivity contribution in [3.8, 4) is 10.7 Å². The molecule has 0 saturated heterocycles. The lowest BCUT2D eigenvalue weighted by molar-refractivity contribution is 0.0687. The molecule has 100 valence electrons. The van der Waals surface area contributed by atoms with E-state index in [1.54, 1.807) is 12.5 Å². The minimum absolute atomic E-state index is 0.166. The molecule has 0 radical (unpaired) electrons. The standard InChI is InChI=1S/C12H13N3O3S/c1-6(2)15-5-13-4-8(15)11-14-9(12(17)18)10(19-11)7(3)16/h4-6H,1-3H3,(H,17,18). The summed E-state index contributed by atoms with van der Waals surface area (Å²) < 4.78 is 1.88. The van der Waals surface area contributed by atoms with Gasteiger partial charge in [-0.15, -0.1) is 11.3 Å². The van der Waals surface area contributed by atoms with Crippen LogP contribution in [0.3, 0.4) is 0 Å². The van der Waals surface area contributed by atoms with Crippen LogP contribution in [0.25, 0.3) is 10.7 Å². The second kappa shape index (κ2) is 4.93. The van der Waals surface area contributed by atoms with Crippen LogP contribution in [0.4, 0.5) is 0 Å². The van der Waals surface area contributed by atoms with Crippen LogP contribution in [-0.2, 0) is 0 Å². The van der Waals surface area contributed by atoms with Gasteiger partial charge in [0.25, 0.3) is 0 Å². The molecule has 0 atom stereocenters. The predicted molar refractivity (Wildman–Crippen MR) is 70.7 cm³/mol. The van der Waals surface area contributed by atoms with Gasteiger partial charge in [-0.05, 0) is 13.8 Å². The lowest BCUT2D eigenvalue weighted by Crippen LogP contribution is -2.04. The fraction of sp³-hybridized carbons (Fsp3) is 0.333. The van der Waals surface area contributed by atoms with E-state index in [1.807, 2.05) is 18.4 Å². The van der Waals surface area contributed by atoms with Gasteiger partial charge in [-0.2, -0.15) is 0 Å². The molecule has 2 aromatic rings. The fourth-order valence-corrected chi connectivity index (χ4v) is 2.66. The molecule has 2 heterocycles. The summed E-state index contributed by atoms with van der Waals surface area (Å²) in [6.07, 6.45) is 3.28. The van der Waals surface area contributed by atoms with Crippen molar-refractivity contribution < 1.29 is 14.7 Å². The van der Waals surface area contributed by atoms with Gasteiger partial charge in [0, 0.05) is 13.0 Å². The number of rotatable bonds is 4. The molecule has 1 N–H and O–H groups in total. The number of carboxylic acids is 1. The number of ketones is 1. The number of aromatic nitrogens is 3. The first kappa shape index (κ1) is 13.4. The Kier molecular flexibility index (Phi) is 3.48. The number of aromatic carboxylic acids is 1. The Morgan fingerprint density at radius 1 is 1.42 bits per heavy atom. The molecule has 0 aliphatic carbocycles. The molecule has 2 aromatic heterocycles. The molecule has 0 aliphatic rings. The largest absolute Gasteiger partial charge is 0.476 e. The first-order valence-corrected chi connectivity index (χ1v) is 6.50. The molecule has 0 aromatic carbocycles. The number of nitrogens with zero attached hydrogens (tertiary/aromatic N) is 3. The molecule has 6 nitrogen and oxygen atoms in total. The van der Waals surface area contributed by atoms with Gasteiger partial charge in [0.15, 0.2) is 11.5 Å². The summed E-state index contributed by atoms with van der Waals surface area (Å²) in [6.45, 7) is 5.31. The van der Waals surface area contributed by atoms with Gasteiger partial charge in [0.05, 0.1) is 18.2 Å². The zero-order valence-corrected chi connectivity index (χ0v) is 11.6. The highest BCUT2D eigenvalue weighted by molar-refractivity contribution is 7.17. The first-order valence-electron chi connectivity index (χ1n) is 5.69. The molecule has 0 spiro atoms. The third-order valence-corrected chi connectivity index (χ3v) is 3.77. The third kappa shape index (κ3) is 2.41. The smallest absolute Gasteiger partial charge is 0.356 e. The number of thiazole rings is 1. The number of carbonyl (C=O) groups is 2. The number of imidazole rings is 1. The van der Waals surface area contributed by atoms with Gasteiger partial charge < -0.3 is 9.67 Å². The van der Waals surface area contributed by atoms with Gasteiger partial charge in [0.2, 0.25) is 0 Å². The summed E-state index contributed by atoms with van der Waals surface area (Å²) in [5.74, 6) is -1.49. The van der Waals surface area contributed by atoms with Crippen LogP contribution in [-0.4, -0.2) is 31.4 Å². The monoisotopic (exact) mass is 279 g/mol. The first-order chi connectivity index (χ1) is 8.91. The maximum atomic E-state index is 11.5. The Balaban J connectivity index is 2.58. The van der Waals surface area contributed by atoms with Crippen LogP contribution >= 0.6 is 11.3 Å². The SMILES string of the molecule is CC(=O)c1sc(-c2cncn2C(C)C)nc1C(=O)O. The van der Waals surface area contributed by atoms with Crippen molar-refractivity contribution in [2.75, 3.05) is 0 Å². The molecule has 0 amide bonds. The van der Waals surface area contributed by atoms with Gasteiger partial charge in [0.1, 0.15) is 9.88 Å². The Morgan fingerprint density at radius 2 is 2.11 bits per heavy atom. The Morgan fingerprint density at radius 3 is 2.58 bits per heavy atom. The maximum Gasteiger partial charge on any atom is 0.356 e. The van der Waals surface area contributed by atoms with Crippen molar-refractivity contribution in [3.63, 3.8) is 0 Å². The average Bonchev–Trinajstić information content (AvgIpc) is 2.95. The number of hydrogen-bond acceptors (Lipinski definition) is 5. The highest BCUT2D eigenvalue weighted by Crippen LogP contribution is 2.29. The zero-order chi connectivity index (χ0) is 14.2. The molecule has 0 aliphatic heterocycles. The van der Waals surface area contributed by atoms with Crippen LogP contribution in [0.5, 0.6) is 0 Å². The van der Waals surface area contributed by atoms with Crippen LogP contribution < -0.4 is 0 Å². The zero-order valence-electron chi connectivity index (χ0n) is 10.7. The van der Waals surface area contributed by atoms with Gasteiger partial charge >= 0.3 is 5.97 Å². The summed E-state index contributed by atoms with van der Waals surface area (Å²) in [5.41, 5.74) is 0.527. The highest BCUT2D eigenvalue weighted by Gasteiger charge is 2.22.